The molecule has 1 aliphatic heterocycles. The Bertz CT molecular complexity index is 1320. The number of hydrogen-bond donors (Lipinski definition) is 3. The van der Waals surface area contributed by atoms with Crippen molar-refractivity contribution in [2.24, 2.45) is 39.2 Å². The number of carbonyl (C=O) groups is 6. The fourth-order valence-electron chi connectivity index (χ4n) is 8.83. The quantitative estimate of drug-likeness (QED) is 0.276. The normalized spacial score (nSPS) is 26.1. The molecule has 2 spiro atoms. The molecule has 1 saturated heterocycles. The Morgan fingerprint density at radius 1 is 0.915 bits per heavy atom. The fraction of sp³-hybridized carbons (Fsp3) is 0.833. The number of carbonyl (C=O) groups excluding carboxylic acids is 6. The zero-order valence-corrected chi connectivity index (χ0v) is 30.3. The van der Waals surface area contributed by atoms with Gasteiger partial charge in [0.15, 0.2) is 5.78 Å². The molecule has 4 amide bonds. The van der Waals surface area contributed by atoms with Crippen LogP contribution in [-0.4, -0.2) is 70.0 Å². The number of hydrogen-bond acceptors (Lipinski definition) is 7. The Balaban J connectivity index is 1.62. The molecule has 3 saturated carbocycles. The highest BCUT2D eigenvalue weighted by molar-refractivity contribution is 6.37. The van der Waals surface area contributed by atoms with Crippen LogP contribution in [0.2, 0.25) is 0 Å². The summed E-state index contributed by atoms with van der Waals surface area (Å²) in [6.07, 6.45) is 5.98. The average molecular weight is 659 g/mol. The van der Waals surface area contributed by atoms with Gasteiger partial charge in [0.2, 0.25) is 17.6 Å². The predicted molar refractivity (Wildman–Crippen MR) is 177 cm³/mol. The average Bonchev–Trinajstić information content (AvgIpc) is 3.10. The lowest BCUT2D eigenvalue weighted by Crippen LogP contribution is -2.56. The third kappa shape index (κ3) is 6.69. The van der Waals surface area contributed by atoms with Crippen LogP contribution in [0.25, 0.3) is 0 Å². The fourth-order valence-corrected chi connectivity index (χ4v) is 8.83. The minimum absolute atomic E-state index is 0.0360. The highest BCUT2D eigenvalue weighted by Crippen LogP contribution is 2.88. The van der Waals surface area contributed by atoms with Crippen molar-refractivity contribution in [2.45, 2.75) is 150 Å². The Kier molecular flexibility index (Phi) is 9.54. The number of fused-ring (bicyclic) bond motifs is 1. The van der Waals surface area contributed by atoms with Crippen LogP contribution in [0.1, 0.15) is 127 Å². The van der Waals surface area contributed by atoms with Gasteiger partial charge in [0.25, 0.3) is 5.91 Å². The number of ether oxygens (including phenoxy) is 1. The molecular formula is C36H58N4O7. The first-order valence-corrected chi connectivity index (χ1v) is 17.4. The Hall–Kier alpha value is -2.98. The van der Waals surface area contributed by atoms with Crippen LogP contribution in [0, 0.1) is 33.5 Å². The second-order valence-corrected chi connectivity index (χ2v) is 17.9. The van der Waals surface area contributed by atoms with Gasteiger partial charge in [-0.05, 0) is 82.5 Å². The predicted octanol–water partition coefficient (Wildman–Crippen LogP) is 4.44. The van der Waals surface area contributed by atoms with Crippen LogP contribution < -0.4 is 16.4 Å². The molecule has 0 aromatic rings. The molecule has 4 atom stereocenters. The number of ketones is 2. The van der Waals surface area contributed by atoms with Gasteiger partial charge in [-0.1, -0.05) is 60.3 Å². The van der Waals surface area contributed by atoms with Crippen LogP contribution in [0.4, 0.5) is 4.79 Å². The molecule has 0 bridgehead atoms. The summed E-state index contributed by atoms with van der Waals surface area (Å²) in [7, 11) is 0. The first-order valence-electron chi connectivity index (χ1n) is 17.4. The highest BCUT2D eigenvalue weighted by atomic mass is 16.6. The summed E-state index contributed by atoms with van der Waals surface area (Å²) < 4.78 is 5.37. The zero-order chi connectivity index (χ0) is 35.5. The van der Waals surface area contributed by atoms with Gasteiger partial charge in [-0.25, -0.2) is 4.79 Å². The standard InChI is InChI=1S/C36H58N4O7/c1-31(2,3)22(18-25(41)33(7,8)39-30(46)47-32(4,5)6)29(45)40-20-36(34(9,10)35(36)15-12-16-35)19-24(40)28(44)38-23(26(42)27(37)43)17-21-13-11-14-21/h21-24H,11-20H2,1-10H3,(H2,37,43)(H,38,44)(H,39,46)/t22-,23?,24+,36-/m1/s1. The lowest BCUT2D eigenvalue weighted by atomic mass is 9.73. The van der Waals surface area contributed by atoms with E-state index in [1.165, 1.54) is 0 Å². The maximum atomic E-state index is 14.7. The van der Waals surface area contributed by atoms with E-state index in [1.54, 1.807) is 39.5 Å². The monoisotopic (exact) mass is 658 g/mol. The zero-order valence-electron chi connectivity index (χ0n) is 30.3. The van der Waals surface area contributed by atoms with E-state index >= 15 is 0 Å². The smallest absolute Gasteiger partial charge is 0.408 e. The molecule has 4 N–H and O–H groups in total. The number of Topliss-reactive ketones (excluding diaryl/α,β-unsaturated/α-hetero) is 2. The first kappa shape index (κ1) is 36.8. The molecule has 4 rings (SSSR count). The van der Waals surface area contributed by atoms with E-state index in [4.69, 9.17) is 10.5 Å². The summed E-state index contributed by atoms with van der Waals surface area (Å²) in [5.74, 6) is -3.57. The lowest BCUT2D eigenvalue weighted by Gasteiger charge is -2.37. The highest BCUT2D eigenvalue weighted by Gasteiger charge is 2.85. The molecular weight excluding hydrogens is 600 g/mol. The van der Waals surface area contributed by atoms with Gasteiger partial charge in [0.05, 0.1) is 11.6 Å². The van der Waals surface area contributed by atoms with Crippen molar-refractivity contribution in [1.82, 2.24) is 15.5 Å². The number of alkyl carbamates (subject to hydrolysis) is 1. The van der Waals surface area contributed by atoms with Crippen molar-refractivity contribution in [1.29, 1.82) is 0 Å². The number of nitrogens with two attached hydrogens (primary N) is 1. The maximum absolute atomic E-state index is 14.7. The third-order valence-corrected chi connectivity index (χ3v) is 12.3. The topological polar surface area (TPSA) is 165 Å². The van der Waals surface area contributed by atoms with Crippen LogP contribution in [0.15, 0.2) is 0 Å². The Morgan fingerprint density at radius 3 is 1.94 bits per heavy atom. The van der Waals surface area contributed by atoms with Gasteiger partial charge in [-0.2, -0.15) is 0 Å². The van der Waals surface area contributed by atoms with Crippen LogP contribution in [-0.2, 0) is 28.7 Å². The van der Waals surface area contributed by atoms with Crippen molar-refractivity contribution in [2.75, 3.05) is 6.54 Å². The molecule has 11 nitrogen and oxygen atoms in total. The third-order valence-electron chi connectivity index (χ3n) is 12.3. The molecule has 11 heteroatoms. The van der Waals surface area contributed by atoms with E-state index in [-0.39, 0.29) is 40.3 Å². The minimum atomic E-state index is -1.31. The summed E-state index contributed by atoms with van der Waals surface area (Å²) in [5.41, 5.74) is 2.34. The summed E-state index contributed by atoms with van der Waals surface area (Å²) in [4.78, 5) is 81.7. The van der Waals surface area contributed by atoms with Gasteiger partial charge >= 0.3 is 6.09 Å². The number of likely N-dealkylation sites (tertiary alicyclic amines) is 1. The number of nitrogens with zero attached hydrogens (tertiary/aromatic N) is 1. The second-order valence-electron chi connectivity index (χ2n) is 17.9. The number of rotatable bonds is 11. The van der Waals surface area contributed by atoms with Crippen molar-refractivity contribution in [3.8, 4) is 0 Å². The van der Waals surface area contributed by atoms with Crippen molar-refractivity contribution in [3.63, 3.8) is 0 Å². The van der Waals surface area contributed by atoms with Crippen molar-refractivity contribution >= 4 is 35.4 Å². The summed E-state index contributed by atoms with van der Waals surface area (Å²) in [5, 5.41) is 5.51. The summed E-state index contributed by atoms with van der Waals surface area (Å²) >= 11 is 0. The van der Waals surface area contributed by atoms with Gasteiger partial charge < -0.3 is 26.0 Å². The van der Waals surface area contributed by atoms with E-state index in [0.717, 1.165) is 38.5 Å². The molecule has 0 radical (unpaired) electrons. The molecule has 4 aliphatic rings. The van der Waals surface area contributed by atoms with Crippen molar-refractivity contribution in [3.05, 3.63) is 0 Å². The van der Waals surface area contributed by atoms with Crippen molar-refractivity contribution < 1.29 is 33.5 Å². The van der Waals surface area contributed by atoms with Gasteiger partial charge in [-0.15, -0.1) is 0 Å². The van der Waals surface area contributed by atoms with E-state index in [0.29, 0.717) is 19.4 Å². The molecule has 264 valence electrons. The van der Waals surface area contributed by atoms with E-state index in [1.807, 2.05) is 20.8 Å². The maximum Gasteiger partial charge on any atom is 0.408 e. The van der Waals surface area contributed by atoms with Crippen LogP contribution in [0.3, 0.4) is 0 Å². The molecule has 1 unspecified atom stereocenters. The Labute approximate surface area is 280 Å². The van der Waals surface area contributed by atoms with Crippen LogP contribution in [0.5, 0.6) is 0 Å². The molecule has 0 aromatic heterocycles. The Morgan fingerprint density at radius 2 is 1.51 bits per heavy atom. The second kappa shape index (κ2) is 12.2. The molecule has 4 fully saturated rings. The van der Waals surface area contributed by atoms with Gasteiger partial charge in [-0.3, -0.25) is 24.0 Å². The summed E-state index contributed by atoms with van der Waals surface area (Å²) in [6, 6.07) is -1.90. The van der Waals surface area contributed by atoms with Gasteiger partial charge in [0, 0.05) is 24.3 Å². The molecule has 1 heterocycles. The van der Waals surface area contributed by atoms with Crippen LogP contribution >= 0.6 is 0 Å². The molecule has 3 aliphatic carbocycles. The van der Waals surface area contributed by atoms with Gasteiger partial charge in [0.1, 0.15) is 11.6 Å². The number of primary amides is 1. The van der Waals surface area contributed by atoms with E-state index in [2.05, 4.69) is 24.5 Å². The summed E-state index contributed by atoms with van der Waals surface area (Å²) in [6.45, 7) is 18.9. The number of amides is 4. The lowest BCUT2D eigenvalue weighted by molar-refractivity contribution is -0.147. The largest absolute Gasteiger partial charge is 0.444 e. The first-order chi connectivity index (χ1) is 21.4. The number of nitrogens with one attached hydrogen (secondary N) is 2. The minimum Gasteiger partial charge on any atom is -0.444 e. The SMILES string of the molecule is CC(C)(C)OC(=O)NC(C)(C)C(=O)C[C@H](C(=O)N1C[C@]2(C[C@H]1C(=O)NC(CC1CCC1)C(=O)C(N)=O)C(C)(C)C21CCC1)C(C)(C)C. The molecule has 47 heavy (non-hydrogen) atoms. The van der Waals surface area contributed by atoms with E-state index in [9.17, 15) is 28.8 Å². The molecule has 0 aromatic carbocycles. The van der Waals surface area contributed by atoms with E-state index < -0.39 is 58.2 Å².